The molecule has 0 unspecified atom stereocenters. The second-order valence-corrected chi connectivity index (χ2v) is 5.26. The van der Waals surface area contributed by atoms with Crippen LogP contribution < -0.4 is 20.1 Å². The molecule has 1 heterocycles. The summed E-state index contributed by atoms with van der Waals surface area (Å²) in [5, 5.41) is 5.64. The van der Waals surface area contributed by atoms with E-state index in [9.17, 15) is 4.79 Å². The second kappa shape index (κ2) is 9.22. The molecule has 1 fully saturated rings. The molecule has 1 aliphatic heterocycles. The van der Waals surface area contributed by atoms with Crippen molar-refractivity contribution in [2.24, 2.45) is 0 Å². The van der Waals surface area contributed by atoms with Gasteiger partial charge in [0.2, 0.25) is 0 Å². The van der Waals surface area contributed by atoms with Crippen molar-refractivity contribution in [2.45, 2.75) is 6.42 Å². The van der Waals surface area contributed by atoms with E-state index >= 15 is 0 Å². The molecule has 2 amide bonds. The second-order valence-electron chi connectivity index (χ2n) is 5.26. The molecule has 0 atom stereocenters. The standard InChI is InChI=1S/C16H25N3O4/c1-21-14-5-4-13(12-15(14)22-2)18-16(20)17-6-3-7-19-8-10-23-11-9-19/h4-5,12H,3,6-11H2,1-2H3,(H2,17,18,20). The maximum atomic E-state index is 11.9. The summed E-state index contributed by atoms with van der Waals surface area (Å²) in [7, 11) is 3.14. The number of nitrogens with one attached hydrogen (secondary N) is 2. The van der Waals surface area contributed by atoms with Crippen LogP contribution in [0.5, 0.6) is 11.5 Å². The van der Waals surface area contributed by atoms with E-state index in [2.05, 4.69) is 15.5 Å². The van der Waals surface area contributed by atoms with Crippen LogP contribution in [0.1, 0.15) is 6.42 Å². The van der Waals surface area contributed by atoms with Gasteiger partial charge in [0.15, 0.2) is 11.5 Å². The zero-order chi connectivity index (χ0) is 16.5. The van der Waals surface area contributed by atoms with Crippen molar-refractivity contribution in [2.75, 3.05) is 58.9 Å². The zero-order valence-corrected chi connectivity index (χ0v) is 13.8. The number of amides is 2. The SMILES string of the molecule is COc1ccc(NC(=O)NCCCN2CCOCC2)cc1OC. The Labute approximate surface area is 136 Å². The lowest BCUT2D eigenvalue weighted by Gasteiger charge is -2.26. The van der Waals surface area contributed by atoms with Crippen LogP contribution >= 0.6 is 0 Å². The van der Waals surface area contributed by atoms with Crippen molar-refractivity contribution in [3.05, 3.63) is 18.2 Å². The lowest BCUT2D eigenvalue weighted by Crippen LogP contribution is -2.38. The number of morpholine rings is 1. The molecule has 0 bridgehead atoms. The topological polar surface area (TPSA) is 72.1 Å². The number of anilines is 1. The Morgan fingerprint density at radius 1 is 1.22 bits per heavy atom. The smallest absolute Gasteiger partial charge is 0.319 e. The van der Waals surface area contributed by atoms with Crippen LogP contribution in [0, 0.1) is 0 Å². The summed E-state index contributed by atoms with van der Waals surface area (Å²) < 4.78 is 15.7. The van der Waals surface area contributed by atoms with E-state index in [-0.39, 0.29) is 6.03 Å². The number of nitrogens with zero attached hydrogens (tertiary/aromatic N) is 1. The third kappa shape index (κ3) is 5.61. The van der Waals surface area contributed by atoms with Gasteiger partial charge in [0.05, 0.1) is 27.4 Å². The fourth-order valence-corrected chi connectivity index (χ4v) is 2.42. The Bertz CT molecular complexity index is 504. The lowest BCUT2D eigenvalue weighted by molar-refractivity contribution is 0.0375. The Hall–Kier alpha value is -1.99. The van der Waals surface area contributed by atoms with Gasteiger partial charge in [-0.15, -0.1) is 0 Å². The van der Waals surface area contributed by atoms with E-state index < -0.39 is 0 Å². The number of benzene rings is 1. The first-order valence-electron chi connectivity index (χ1n) is 7.80. The minimum absolute atomic E-state index is 0.223. The van der Waals surface area contributed by atoms with Crippen LogP contribution in [0.15, 0.2) is 18.2 Å². The fraction of sp³-hybridized carbons (Fsp3) is 0.562. The van der Waals surface area contributed by atoms with Gasteiger partial charge in [0.1, 0.15) is 0 Å². The van der Waals surface area contributed by atoms with Crippen molar-refractivity contribution < 1.29 is 19.0 Å². The molecule has 7 heteroatoms. The summed E-state index contributed by atoms with van der Waals surface area (Å²) in [6.45, 7) is 5.15. The highest BCUT2D eigenvalue weighted by molar-refractivity contribution is 5.89. The average molecular weight is 323 g/mol. The summed E-state index contributed by atoms with van der Waals surface area (Å²) in [6, 6.07) is 5.03. The summed E-state index contributed by atoms with van der Waals surface area (Å²) in [6.07, 6.45) is 0.916. The summed E-state index contributed by atoms with van der Waals surface area (Å²) >= 11 is 0. The van der Waals surface area contributed by atoms with Crippen LogP contribution in [-0.2, 0) is 4.74 Å². The molecule has 0 aliphatic carbocycles. The largest absolute Gasteiger partial charge is 0.493 e. The van der Waals surface area contributed by atoms with Crippen LogP contribution in [0.3, 0.4) is 0 Å². The number of rotatable bonds is 7. The molecule has 7 nitrogen and oxygen atoms in total. The minimum Gasteiger partial charge on any atom is -0.493 e. The van der Waals surface area contributed by atoms with E-state index in [4.69, 9.17) is 14.2 Å². The predicted molar refractivity (Wildman–Crippen MR) is 88.4 cm³/mol. The molecule has 1 aliphatic rings. The molecular weight excluding hydrogens is 298 g/mol. The molecule has 2 rings (SSSR count). The monoisotopic (exact) mass is 323 g/mol. The zero-order valence-electron chi connectivity index (χ0n) is 13.8. The van der Waals surface area contributed by atoms with Crippen molar-refractivity contribution in [3.63, 3.8) is 0 Å². The maximum absolute atomic E-state index is 11.9. The first kappa shape index (κ1) is 17.4. The van der Waals surface area contributed by atoms with Crippen molar-refractivity contribution in [3.8, 4) is 11.5 Å². The number of hydrogen-bond acceptors (Lipinski definition) is 5. The van der Waals surface area contributed by atoms with E-state index in [1.54, 1.807) is 32.4 Å². The maximum Gasteiger partial charge on any atom is 0.319 e. The van der Waals surface area contributed by atoms with Gasteiger partial charge in [-0.2, -0.15) is 0 Å². The highest BCUT2D eigenvalue weighted by Crippen LogP contribution is 2.29. The summed E-state index contributed by atoms with van der Waals surface area (Å²) in [5.41, 5.74) is 0.660. The van der Waals surface area contributed by atoms with Gasteiger partial charge in [-0.05, 0) is 25.1 Å². The third-order valence-corrected chi connectivity index (χ3v) is 3.68. The van der Waals surface area contributed by atoms with Crippen LogP contribution in [0.25, 0.3) is 0 Å². The van der Waals surface area contributed by atoms with Gasteiger partial charge < -0.3 is 24.8 Å². The van der Waals surface area contributed by atoms with Gasteiger partial charge in [-0.1, -0.05) is 0 Å². The number of urea groups is 1. The van der Waals surface area contributed by atoms with E-state index in [1.165, 1.54) is 0 Å². The number of carbonyl (C=O) groups excluding carboxylic acids is 1. The quantitative estimate of drug-likeness (QED) is 0.745. The number of ether oxygens (including phenoxy) is 3. The van der Waals surface area contributed by atoms with Gasteiger partial charge >= 0.3 is 6.03 Å². The van der Waals surface area contributed by atoms with Crippen LogP contribution in [-0.4, -0.2) is 64.5 Å². The third-order valence-electron chi connectivity index (χ3n) is 3.68. The summed E-state index contributed by atoms with van der Waals surface area (Å²) in [5.74, 6) is 1.21. The highest BCUT2D eigenvalue weighted by Gasteiger charge is 2.10. The van der Waals surface area contributed by atoms with E-state index in [0.29, 0.717) is 23.7 Å². The molecule has 1 saturated heterocycles. The first-order valence-corrected chi connectivity index (χ1v) is 7.80. The molecule has 0 radical (unpaired) electrons. The van der Waals surface area contributed by atoms with E-state index in [0.717, 1.165) is 39.3 Å². The molecule has 0 aromatic heterocycles. The van der Waals surface area contributed by atoms with E-state index in [1.807, 2.05) is 0 Å². The number of carbonyl (C=O) groups is 1. The molecular formula is C16H25N3O4. The van der Waals surface area contributed by atoms with Gasteiger partial charge in [-0.25, -0.2) is 4.79 Å². The highest BCUT2D eigenvalue weighted by atomic mass is 16.5. The predicted octanol–water partition coefficient (Wildman–Crippen LogP) is 1.55. The molecule has 2 N–H and O–H groups in total. The minimum atomic E-state index is -0.223. The van der Waals surface area contributed by atoms with Crippen LogP contribution in [0.4, 0.5) is 10.5 Å². The van der Waals surface area contributed by atoms with Gasteiger partial charge in [0, 0.05) is 31.4 Å². The number of hydrogen-bond donors (Lipinski definition) is 2. The Morgan fingerprint density at radius 3 is 2.65 bits per heavy atom. The fourth-order valence-electron chi connectivity index (χ4n) is 2.42. The first-order chi connectivity index (χ1) is 11.2. The Morgan fingerprint density at radius 2 is 1.96 bits per heavy atom. The average Bonchev–Trinajstić information content (AvgIpc) is 2.59. The lowest BCUT2D eigenvalue weighted by atomic mass is 10.3. The molecule has 1 aromatic carbocycles. The molecule has 1 aromatic rings. The number of methoxy groups -OCH3 is 2. The molecule has 128 valence electrons. The van der Waals surface area contributed by atoms with Crippen molar-refractivity contribution in [1.29, 1.82) is 0 Å². The molecule has 23 heavy (non-hydrogen) atoms. The molecule has 0 saturated carbocycles. The summed E-state index contributed by atoms with van der Waals surface area (Å²) in [4.78, 5) is 14.2. The van der Waals surface area contributed by atoms with Crippen LogP contribution in [0.2, 0.25) is 0 Å². The van der Waals surface area contributed by atoms with Crippen molar-refractivity contribution in [1.82, 2.24) is 10.2 Å². The normalized spacial score (nSPS) is 15.0. The van der Waals surface area contributed by atoms with Crippen molar-refractivity contribution >= 4 is 11.7 Å². The van der Waals surface area contributed by atoms with Gasteiger partial charge in [0.25, 0.3) is 0 Å². The Kier molecular flexibility index (Phi) is 6.96. The Balaban J connectivity index is 1.69. The van der Waals surface area contributed by atoms with Gasteiger partial charge in [-0.3, -0.25) is 4.90 Å². The molecule has 0 spiro atoms.